The number of carbonyl (C=O) groups excluding carboxylic acids is 1. The van der Waals surface area contributed by atoms with Crippen molar-refractivity contribution in [3.8, 4) is 5.75 Å². The van der Waals surface area contributed by atoms with E-state index in [9.17, 15) is 20.0 Å². The van der Waals surface area contributed by atoms with Crippen molar-refractivity contribution in [3.05, 3.63) is 87.9 Å². The van der Waals surface area contributed by atoms with Gasteiger partial charge in [0.15, 0.2) is 0 Å². The van der Waals surface area contributed by atoms with E-state index in [1.807, 2.05) is 0 Å². The third kappa shape index (κ3) is 2.97. The number of rotatable bonds is 4. The molecule has 0 fully saturated rings. The first kappa shape index (κ1) is 16.6. The van der Waals surface area contributed by atoms with Crippen molar-refractivity contribution in [1.82, 2.24) is 4.90 Å². The van der Waals surface area contributed by atoms with Crippen LogP contribution in [0.2, 0.25) is 0 Å². The lowest BCUT2D eigenvalue weighted by molar-refractivity contribution is -0.398. The van der Waals surface area contributed by atoms with Gasteiger partial charge >= 0.3 is 0 Å². The van der Waals surface area contributed by atoms with E-state index >= 15 is 0 Å². The van der Waals surface area contributed by atoms with E-state index in [1.165, 1.54) is 23.3 Å². The molecule has 1 aliphatic rings. The van der Waals surface area contributed by atoms with Crippen LogP contribution < -0.4 is 10.4 Å². The van der Waals surface area contributed by atoms with Gasteiger partial charge in [0.25, 0.3) is 11.6 Å². The molecule has 0 radical (unpaired) electrons. The molecule has 2 aromatic carbocycles. The molecule has 27 heavy (non-hydrogen) atoms. The normalized spacial score (nSPS) is 15.9. The topological polar surface area (TPSA) is 112 Å². The number of anilines is 1. The predicted molar refractivity (Wildman–Crippen MR) is 93.9 cm³/mol. The largest absolute Gasteiger partial charge is 0.868 e. The molecule has 0 bridgehead atoms. The highest BCUT2D eigenvalue weighted by Crippen LogP contribution is 2.36. The highest BCUT2D eigenvalue weighted by atomic mass is 16.6. The van der Waals surface area contributed by atoms with Gasteiger partial charge in [-0.1, -0.05) is 24.3 Å². The Bertz CT molecular complexity index is 1020. The lowest BCUT2D eigenvalue weighted by Gasteiger charge is -2.37. The van der Waals surface area contributed by atoms with Gasteiger partial charge in [-0.25, -0.2) is 0 Å². The molecule has 136 valence electrons. The first-order valence-electron chi connectivity index (χ1n) is 8.19. The number of hydrogen-bond acceptors (Lipinski definition) is 6. The summed E-state index contributed by atoms with van der Waals surface area (Å²) in [4.78, 5) is 25.0. The first-order valence-corrected chi connectivity index (χ1v) is 8.19. The van der Waals surface area contributed by atoms with Gasteiger partial charge in [-0.3, -0.25) is 14.9 Å². The number of nitro benzene ring substituents is 1. The molecule has 0 aliphatic carbocycles. The number of benzene rings is 2. The molecule has 0 unspecified atom stereocenters. The number of nitrogens with zero attached hydrogens (tertiary/aromatic N) is 2. The number of nitro groups is 1. The fraction of sp³-hybridized carbons (Fsp3) is 0.105. The monoisotopic (exact) mass is 364 g/mol. The smallest absolute Gasteiger partial charge is 0.262 e. The van der Waals surface area contributed by atoms with Crippen LogP contribution in [0.15, 0.2) is 65.3 Å². The van der Waals surface area contributed by atoms with Crippen LogP contribution in [-0.4, -0.2) is 15.7 Å². The van der Waals surface area contributed by atoms with Gasteiger partial charge in [-0.15, -0.1) is 0 Å². The predicted octanol–water partition coefficient (Wildman–Crippen LogP) is 3.03. The minimum atomic E-state index is -0.721. The molecule has 3 aromatic rings. The number of nitrogens with one attached hydrogen (secondary N) is 1. The Morgan fingerprint density at radius 1 is 1.15 bits per heavy atom. The molecule has 1 aliphatic heterocycles. The number of carbonyl (C=O) groups is 1. The number of furan rings is 1. The molecule has 0 saturated carbocycles. The molecule has 8 nitrogen and oxygen atoms in total. The maximum Gasteiger partial charge on any atom is 0.262 e. The van der Waals surface area contributed by atoms with E-state index in [4.69, 9.17) is 4.42 Å². The zero-order chi connectivity index (χ0) is 19.0. The van der Waals surface area contributed by atoms with Gasteiger partial charge in [0.05, 0.1) is 23.3 Å². The summed E-state index contributed by atoms with van der Waals surface area (Å²) in [5, 5.41) is 26.1. The first-order chi connectivity index (χ1) is 13.0. The Morgan fingerprint density at radius 2 is 1.96 bits per heavy atom. The summed E-state index contributed by atoms with van der Waals surface area (Å²) in [7, 11) is 0. The lowest BCUT2D eigenvalue weighted by Crippen LogP contribution is -2.42. The highest BCUT2D eigenvalue weighted by Gasteiger charge is 2.34. The van der Waals surface area contributed by atoms with E-state index < -0.39 is 22.5 Å². The lowest BCUT2D eigenvalue weighted by atomic mass is 10.0. The molecule has 2 heterocycles. The van der Waals surface area contributed by atoms with Crippen LogP contribution in [0, 0.1) is 10.1 Å². The molecular weight excluding hydrogens is 350 g/mol. The van der Waals surface area contributed by atoms with Crippen LogP contribution in [0.4, 0.5) is 11.4 Å². The molecule has 1 N–H and O–H groups in total. The van der Waals surface area contributed by atoms with Crippen molar-refractivity contribution in [1.29, 1.82) is 0 Å². The van der Waals surface area contributed by atoms with Crippen LogP contribution in [0.3, 0.4) is 0 Å². The Kier molecular flexibility index (Phi) is 4.00. The van der Waals surface area contributed by atoms with Gasteiger partial charge in [-0.05, 0) is 30.0 Å². The van der Waals surface area contributed by atoms with E-state index in [1.54, 1.807) is 36.4 Å². The summed E-state index contributed by atoms with van der Waals surface area (Å²) in [5.74, 6) is -0.340. The number of amides is 1. The summed E-state index contributed by atoms with van der Waals surface area (Å²) in [6.45, 7) is 0.171. The number of fused-ring (bicyclic) bond motifs is 1. The van der Waals surface area contributed by atoms with Crippen LogP contribution in [0.1, 0.15) is 27.8 Å². The second kappa shape index (κ2) is 6.49. The van der Waals surface area contributed by atoms with Gasteiger partial charge in [0.1, 0.15) is 11.9 Å². The fourth-order valence-electron chi connectivity index (χ4n) is 3.14. The average Bonchev–Trinajstić information content (AvgIpc) is 3.17. The van der Waals surface area contributed by atoms with E-state index in [-0.39, 0.29) is 12.5 Å². The van der Waals surface area contributed by atoms with E-state index in [0.29, 0.717) is 22.6 Å². The minimum Gasteiger partial charge on any atom is -0.868 e. The van der Waals surface area contributed by atoms with Crippen LogP contribution in [-0.2, 0) is 6.54 Å². The molecular formula is C19H14N3O5-. The third-order valence-electron chi connectivity index (χ3n) is 4.42. The average molecular weight is 364 g/mol. The van der Waals surface area contributed by atoms with Crippen molar-refractivity contribution in [2.45, 2.75) is 12.7 Å². The van der Waals surface area contributed by atoms with Crippen molar-refractivity contribution in [2.75, 3.05) is 5.32 Å². The quantitative estimate of drug-likeness (QED) is 0.562. The van der Waals surface area contributed by atoms with Crippen molar-refractivity contribution in [2.24, 2.45) is 0 Å². The minimum absolute atomic E-state index is 0.171. The summed E-state index contributed by atoms with van der Waals surface area (Å²) in [6, 6.07) is 14.3. The highest BCUT2D eigenvalue weighted by molar-refractivity contribution is 6.01. The number of para-hydroxylation sites is 1. The number of hydrogen-bond donors (Lipinski definition) is 1. The van der Waals surface area contributed by atoms with Gasteiger partial charge in [0.2, 0.25) is 0 Å². The Labute approximate surface area is 153 Å². The van der Waals surface area contributed by atoms with Crippen molar-refractivity contribution >= 4 is 17.3 Å². The maximum absolute atomic E-state index is 13.1. The van der Waals surface area contributed by atoms with Crippen LogP contribution in [0.5, 0.6) is 5.75 Å². The van der Waals surface area contributed by atoms with Crippen LogP contribution >= 0.6 is 0 Å². The molecule has 1 aromatic heterocycles. The molecule has 8 heteroatoms. The second-order valence-corrected chi connectivity index (χ2v) is 6.09. The second-order valence-electron chi connectivity index (χ2n) is 6.09. The third-order valence-corrected chi connectivity index (χ3v) is 4.42. The summed E-state index contributed by atoms with van der Waals surface area (Å²) in [5.41, 5.74) is 1.03. The van der Waals surface area contributed by atoms with Crippen LogP contribution in [0.25, 0.3) is 0 Å². The Morgan fingerprint density at radius 3 is 2.70 bits per heavy atom. The fourth-order valence-corrected chi connectivity index (χ4v) is 3.14. The van der Waals surface area contributed by atoms with Crippen molar-refractivity contribution < 1.29 is 19.2 Å². The zero-order valence-corrected chi connectivity index (χ0v) is 14.0. The Hall–Kier alpha value is -3.81. The molecule has 1 atom stereocenters. The van der Waals surface area contributed by atoms with Gasteiger partial charge < -0.3 is 19.7 Å². The maximum atomic E-state index is 13.1. The molecule has 0 saturated heterocycles. The van der Waals surface area contributed by atoms with Gasteiger partial charge in [-0.2, -0.15) is 0 Å². The summed E-state index contributed by atoms with van der Waals surface area (Å²) < 4.78 is 5.36. The Balaban J connectivity index is 1.79. The van der Waals surface area contributed by atoms with E-state index in [2.05, 4.69) is 5.32 Å². The zero-order valence-electron chi connectivity index (χ0n) is 14.0. The van der Waals surface area contributed by atoms with Crippen molar-refractivity contribution in [3.63, 3.8) is 0 Å². The molecule has 1 amide bonds. The SMILES string of the molecule is O=C1c2ccccc2N[C@@H](c2ccc([O-])c([N+](=O)[O-])c2)N1Cc1ccco1. The van der Waals surface area contributed by atoms with E-state index in [0.717, 1.165) is 6.07 Å². The summed E-state index contributed by atoms with van der Waals surface area (Å²) in [6.07, 6.45) is 0.828. The van der Waals surface area contributed by atoms with Gasteiger partial charge in [0, 0.05) is 17.3 Å². The molecule has 0 spiro atoms. The molecule has 4 rings (SSSR count). The standard InChI is InChI=1S/C19H15N3O5/c23-17-8-7-12(10-16(17)22(25)26)18-20-15-6-2-1-5-14(15)19(24)21(18)11-13-4-3-9-27-13/h1-10,18,20,23H,11H2/p-1/t18-/m1/s1. The summed E-state index contributed by atoms with van der Waals surface area (Å²) >= 11 is 0.